The summed E-state index contributed by atoms with van der Waals surface area (Å²) in [6.07, 6.45) is 1.38. The summed E-state index contributed by atoms with van der Waals surface area (Å²) in [5.74, 6) is -0.688. The van der Waals surface area contributed by atoms with E-state index in [-0.39, 0.29) is 23.0 Å². The fraction of sp³-hybridized carbons (Fsp3) is 0.0588. The average molecular weight is 353 g/mol. The van der Waals surface area contributed by atoms with Crippen molar-refractivity contribution < 1.29 is 19.4 Å². The van der Waals surface area contributed by atoms with Gasteiger partial charge in [0.2, 0.25) is 5.90 Å². The van der Waals surface area contributed by atoms with Crippen molar-refractivity contribution >= 4 is 29.3 Å². The molecular weight excluding hydrogens is 342 g/mol. The second kappa shape index (κ2) is 6.55. The number of ether oxygens (including phenoxy) is 1. The number of nitrogens with zero attached hydrogens (tertiary/aromatic N) is 3. The maximum absolute atomic E-state index is 12.0. The molecule has 0 fully saturated rings. The first-order valence-corrected chi connectivity index (χ1v) is 7.37. The molecule has 1 aliphatic rings. The molecule has 0 saturated carbocycles. The lowest BCUT2D eigenvalue weighted by atomic mass is 10.1. The summed E-state index contributed by atoms with van der Waals surface area (Å²) in [4.78, 5) is 36.7. The summed E-state index contributed by atoms with van der Waals surface area (Å²) in [6.45, 7) is 1.57. The highest BCUT2D eigenvalue weighted by Gasteiger charge is 2.25. The van der Waals surface area contributed by atoms with Crippen molar-refractivity contribution in [1.82, 2.24) is 0 Å². The predicted molar refractivity (Wildman–Crippen MR) is 91.5 cm³/mol. The van der Waals surface area contributed by atoms with E-state index in [4.69, 9.17) is 4.74 Å². The summed E-state index contributed by atoms with van der Waals surface area (Å²) in [6, 6.07) is 9.98. The Bertz CT molecular complexity index is 1010. The van der Waals surface area contributed by atoms with Crippen LogP contribution in [0.3, 0.4) is 0 Å². The van der Waals surface area contributed by atoms with Crippen LogP contribution < -0.4 is 0 Å². The van der Waals surface area contributed by atoms with E-state index >= 15 is 0 Å². The minimum Gasteiger partial charge on any atom is -0.402 e. The lowest BCUT2D eigenvalue weighted by molar-refractivity contribution is -0.385. The molecule has 1 aliphatic heterocycles. The molecule has 0 N–H and O–H groups in total. The number of nitro groups is 2. The largest absolute Gasteiger partial charge is 0.402 e. The third-order valence-electron chi connectivity index (χ3n) is 3.65. The number of aliphatic imine (C=N–C) groups is 1. The predicted octanol–water partition coefficient (Wildman–Crippen LogP) is 3.16. The standard InChI is InChI=1S/C17H11N3O6/c1-10-7-12(5-6-15(10)20(24)25)16-18-14(17(21)26-16)9-11-3-2-4-13(8-11)19(22)23/h2-9H,1H3/b14-9-. The Morgan fingerprint density at radius 1 is 1.08 bits per heavy atom. The number of cyclic esters (lactones) is 1. The van der Waals surface area contributed by atoms with Crippen LogP contribution in [-0.2, 0) is 9.53 Å². The van der Waals surface area contributed by atoms with Crippen LogP contribution in [-0.4, -0.2) is 21.7 Å². The second-order valence-electron chi connectivity index (χ2n) is 5.45. The van der Waals surface area contributed by atoms with Crippen molar-refractivity contribution in [3.63, 3.8) is 0 Å². The highest BCUT2D eigenvalue weighted by Crippen LogP contribution is 2.24. The van der Waals surface area contributed by atoms with Crippen molar-refractivity contribution in [3.05, 3.63) is 85.1 Å². The van der Waals surface area contributed by atoms with Crippen LogP contribution in [0.2, 0.25) is 0 Å². The van der Waals surface area contributed by atoms with Gasteiger partial charge in [0.25, 0.3) is 11.4 Å². The molecule has 0 spiro atoms. The van der Waals surface area contributed by atoms with Gasteiger partial charge in [-0.3, -0.25) is 20.2 Å². The number of carbonyl (C=O) groups is 1. The smallest absolute Gasteiger partial charge is 0.363 e. The first-order valence-electron chi connectivity index (χ1n) is 7.37. The van der Waals surface area contributed by atoms with E-state index in [1.807, 2.05) is 0 Å². The molecule has 1 heterocycles. The zero-order chi connectivity index (χ0) is 18.8. The molecule has 9 heteroatoms. The fourth-order valence-corrected chi connectivity index (χ4v) is 2.41. The van der Waals surface area contributed by atoms with Gasteiger partial charge in [0.1, 0.15) is 0 Å². The Balaban J connectivity index is 1.94. The summed E-state index contributed by atoms with van der Waals surface area (Å²) in [5, 5.41) is 21.7. The molecule has 2 aromatic rings. The highest BCUT2D eigenvalue weighted by molar-refractivity contribution is 6.13. The number of aryl methyl sites for hydroxylation is 1. The molecule has 0 radical (unpaired) electrons. The summed E-state index contributed by atoms with van der Waals surface area (Å²) < 4.78 is 5.10. The number of hydrogen-bond acceptors (Lipinski definition) is 7. The summed E-state index contributed by atoms with van der Waals surface area (Å²) in [7, 11) is 0. The molecular formula is C17H11N3O6. The van der Waals surface area contributed by atoms with Crippen molar-refractivity contribution in [2.24, 2.45) is 4.99 Å². The van der Waals surface area contributed by atoms with Gasteiger partial charge in [-0.15, -0.1) is 0 Å². The van der Waals surface area contributed by atoms with E-state index in [0.29, 0.717) is 16.7 Å². The number of rotatable bonds is 4. The number of esters is 1. The van der Waals surface area contributed by atoms with E-state index < -0.39 is 15.8 Å². The van der Waals surface area contributed by atoms with Gasteiger partial charge >= 0.3 is 5.97 Å². The number of carbonyl (C=O) groups excluding carboxylic acids is 1. The van der Waals surface area contributed by atoms with Crippen LogP contribution >= 0.6 is 0 Å². The van der Waals surface area contributed by atoms with Crippen LogP contribution in [0.4, 0.5) is 11.4 Å². The topological polar surface area (TPSA) is 125 Å². The van der Waals surface area contributed by atoms with Crippen LogP contribution in [0.15, 0.2) is 53.2 Å². The quantitative estimate of drug-likeness (QED) is 0.360. The molecule has 0 aliphatic carbocycles. The van der Waals surface area contributed by atoms with Gasteiger partial charge in [-0.2, -0.15) is 0 Å². The second-order valence-corrected chi connectivity index (χ2v) is 5.45. The van der Waals surface area contributed by atoms with Gasteiger partial charge in [-0.1, -0.05) is 12.1 Å². The maximum atomic E-state index is 12.0. The van der Waals surface area contributed by atoms with E-state index in [2.05, 4.69) is 4.99 Å². The molecule has 0 amide bonds. The minimum absolute atomic E-state index is 0.0171. The molecule has 0 aromatic heterocycles. The summed E-state index contributed by atoms with van der Waals surface area (Å²) >= 11 is 0. The lowest BCUT2D eigenvalue weighted by Crippen LogP contribution is -2.06. The van der Waals surface area contributed by atoms with Crippen LogP contribution in [0.25, 0.3) is 6.08 Å². The SMILES string of the molecule is Cc1cc(C2=N/C(=C\c3cccc([N+](=O)[O-])c3)C(=O)O2)ccc1[N+](=O)[O-]. The van der Waals surface area contributed by atoms with Crippen molar-refractivity contribution in [2.45, 2.75) is 6.92 Å². The van der Waals surface area contributed by atoms with Crippen molar-refractivity contribution in [2.75, 3.05) is 0 Å². The third kappa shape index (κ3) is 3.31. The third-order valence-corrected chi connectivity index (χ3v) is 3.65. The van der Waals surface area contributed by atoms with E-state index in [0.717, 1.165) is 0 Å². The summed E-state index contributed by atoms with van der Waals surface area (Å²) in [5.41, 5.74) is 1.07. The molecule has 2 aromatic carbocycles. The Morgan fingerprint density at radius 3 is 2.50 bits per heavy atom. The lowest BCUT2D eigenvalue weighted by Gasteiger charge is -2.01. The number of benzene rings is 2. The Labute approximate surface area is 146 Å². The molecule has 26 heavy (non-hydrogen) atoms. The Morgan fingerprint density at radius 2 is 1.85 bits per heavy atom. The fourth-order valence-electron chi connectivity index (χ4n) is 2.41. The minimum atomic E-state index is -0.706. The van der Waals surface area contributed by atoms with Crippen molar-refractivity contribution in [3.8, 4) is 0 Å². The van der Waals surface area contributed by atoms with E-state index in [1.54, 1.807) is 13.0 Å². The molecule has 0 unspecified atom stereocenters. The maximum Gasteiger partial charge on any atom is 0.363 e. The first-order chi connectivity index (χ1) is 12.3. The monoisotopic (exact) mass is 353 g/mol. The van der Waals surface area contributed by atoms with Gasteiger partial charge in [-0.05, 0) is 30.7 Å². The highest BCUT2D eigenvalue weighted by atomic mass is 16.6. The van der Waals surface area contributed by atoms with Gasteiger partial charge in [-0.25, -0.2) is 9.79 Å². The first kappa shape index (κ1) is 17.0. The molecule has 0 bridgehead atoms. The normalized spacial score (nSPS) is 14.9. The number of hydrogen-bond donors (Lipinski definition) is 0. The van der Waals surface area contributed by atoms with Crippen LogP contribution in [0, 0.1) is 27.2 Å². The van der Waals surface area contributed by atoms with Gasteiger partial charge < -0.3 is 4.74 Å². The van der Waals surface area contributed by atoms with Gasteiger partial charge in [0.05, 0.1) is 9.85 Å². The van der Waals surface area contributed by atoms with Gasteiger partial charge in [0, 0.05) is 29.3 Å². The Hall–Kier alpha value is -3.88. The van der Waals surface area contributed by atoms with Crippen molar-refractivity contribution in [1.29, 1.82) is 0 Å². The Kier molecular flexibility index (Phi) is 4.27. The number of non-ortho nitro benzene ring substituents is 1. The zero-order valence-electron chi connectivity index (χ0n) is 13.4. The van der Waals surface area contributed by atoms with E-state index in [9.17, 15) is 25.0 Å². The van der Waals surface area contributed by atoms with E-state index in [1.165, 1.54) is 42.5 Å². The molecule has 130 valence electrons. The molecule has 0 atom stereocenters. The van der Waals surface area contributed by atoms with Crippen LogP contribution in [0.1, 0.15) is 16.7 Å². The average Bonchev–Trinajstić information content (AvgIpc) is 2.95. The molecule has 0 saturated heterocycles. The number of nitro benzene ring substituents is 2. The zero-order valence-corrected chi connectivity index (χ0v) is 13.4. The molecule has 3 rings (SSSR count). The van der Waals surface area contributed by atoms with Gasteiger partial charge in [0.15, 0.2) is 5.70 Å². The molecule has 9 nitrogen and oxygen atoms in total. The van der Waals surface area contributed by atoms with Crippen LogP contribution in [0.5, 0.6) is 0 Å².